The average molecular weight is 360 g/mol. The molecule has 1 unspecified atom stereocenters. The van der Waals surface area contributed by atoms with E-state index in [0.717, 1.165) is 16.5 Å². The normalized spacial score (nSPS) is 12.6. The second kappa shape index (κ2) is 5.78. The Kier molecular flexibility index (Phi) is 4.34. The minimum absolute atomic E-state index is 0.147. The molecule has 0 fully saturated rings. The highest BCUT2D eigenvalue weighted by Crippen LogP contribution is 2.25. The van der Waals surface area contributed by atoms with E-state index in [1.54, 1.807) is 0 Å². The van der Waals surface area contributed by atoms with E-state index in [-0.39, 0.29) is 4.83 Å². The molecule has 1 aromatic heterocycles. The van der Waals surface area contributed by atoms with E-state index in [4.69, 9.17) is 4.42 Å². The number of aromatic nitrogens is 2. The largest absolute Gasteiger partial charge is 0.424 e. The van der Waals surface area contributed by atoms with Crippen molar-refractivity contribution in [2.75, 3.05) is 0 Å². The number of benzene rings is 1. The predicted octanol–water partition coefficient (Wildman–Crippen LogP) is 4.27. The van der Waals surface area contributed by atoms with Crippen LogP contribution in [0.5, 0.6) is 0 Å². The van der Waals surface area contributed by atoms with Gasteiger partial charge in [-0.05, 0) is 24.1 Å². The van der Waals surface area contributed by atoms with Crippen LogP contribution in [0, 0.1) is 0 Å². The Morgan fingerprint density at radius 2 is 1.94 bits per heavy atom. The fraction of sp³-hybridized carbons (Fsp3) is 0.333. The molecule has 0 aliphatic heterocycles. The zero-order valence-corrected chi connectivity index (χ0v) is 12.5. The number of halogens is 2. The van der Waals surface area contributed by atoms with Crippen molar-refractivity contribution in [3.8, 4) is 0 Å². The number of hydrogen-bond acceptors (Lipinski definition) is 3. The summed E-state index contributed by atoms with van der Waals surface area (Å²) < 4.78 is 6.66. The molecule has 0 saturated heterocycles. The second-order valence-electron chi connectivity index (χ2n) is 3.71. The van der Waals surface area contributed by atoms with Crippen molar-refractivity contribution in [3.63, 3.8) is 0 Å². The molecule has 90 valence electrons. The van der Waals surface area contributed by atoms with Crippen molar-refractivity contribution in [2.45, 2.75) is 24.6 Å². The average Bonchev–Trinajstić information content (AvgIpc) is 2.80. The molecule has 1 aromatic carbocycles. The summed E-state index contributed by atoms with van der Waals surface area (Å²) in [5.41, 5.74) is 1.16. The van der Waals surface area contributed by atoms with Gasteiger partial charge in [-0.25, -0.2) is 0 Å². The Hall–Kier alpha value is -0.680. The van der Waals surface area contributed by atoms with Gasteiger partial charge in [0, 0.05) is 4.47 Å². The lowest BCUT2D eigenvalue weighted by Crippen LogP contribution is -1.87. The summed E-state index contributed by atoms with van der Waals surface area (Å²) >= 11 is 6.90. The van der Waals surface area contributed by atoms with Gasteiger partial charge in [-0.15, -0.1) is 10.2 Å². The minimum atomic E-state index is 0.147. The van der Waals surface area contributed by atoms with Crippen LogP contribution in [-0.4, -0.2) is 10.2 Å². The molecule has 2 rings (SSSR count). The zero-order valence-electron chi connectivity index (χ0n) is 9.36. The minimum Gasteiger partial charge on any atom is -0.424 e. The number of rotatable bonds is 4. The molecule has 1 atom stereocenters. The van der Waals surface area contributed by atoms with Crippen molar-refractivity contribution in [1.29, 1.82) is 0 Å². The Balaban J connectivity index is 2.08. The highest BCUT2D eigenvalue weighted by molar-refractivity contribution is 9.10. The number of alkyl halides is 1. The molecule has 0 N–H and O–H groups in total. The molecular formula is C12H12Br2N2O. The SMILES string of the molecule is CCC(Br)c1nnc(Cc2ccc(Br)cc2)o1. The molecule has 17 heavy (non-hydrogen) atoms. The maximum Gasteiger partial charge on any atom is 0.230 e. The third-order valence-electron chi connectivity index (χ3n) is 2.38. The van der Waals surface area contributed by atoms with Crippen LogP contribution in [0.25, 0.3) is 0 Å². The lowest BCUT2D eigenvalue weighted by molar-refractivity contribution is 0.454. The summed E-state index contributed by atoms with van der Waals surface area (Å²) in [6, 6.07) is 8.09. The first kappa shape index (κ1) is 12.8. The highest BCUT2D eigenvalue weighted by Gasteiger charge is 2.13. The van der Waals surface area contributed by atoms with Crippen molar-refractivity contribution >= 4 is 31.9 Å². The van der Waals surface area contributed by atoms with Gasteiger partial charge in [0.25, 0.3) is 0 Å². The molecule has 0 radical (unpaired) electrons. The maximum absolute atomic E-state index is 5.59. The van der Waals surface area contributed by atoms with Crippen LogP contribution in [0.1, 0.15) is 35.5 Å². The van der Waals surface area contributed by atoms with Crippen molar-refractivity contribution in [3.05, 3.63) is 46.1 Å². The van der Waals surface area contributed by atoms with Gasteiger partial charge in [-0.1, -0.05) is 50.9 Å². The van der Waals surface area contributed by atoms with Gasteiger partial charge in [-0.3, -0.25) is 0 Å². The topological polar surface area (TPSA) is 38.9 Å². The van der Waals surface area contributed by atoms with Crippen LogP contribution < -0.4 is 0 Å². The van der Waals surface area contributed by atoms with Crippen LogP contribution >= 0.6 is 31.9 Å². The molecule has 2 aromatic rings. The first-order valence-electron chi connectivity index (χ1n) is 5.40. The number of nitrogens with zero attached hydrogens (tertiary/aromatic N) is 2. The van der Waals surface area contributed by atoms with Crippen LogP contribution in [0.2, 0.25) is 0 Å². The van der Waals surface area contributed by atoms with Crippen molar-refractivity contribution in [2.24, 2.45) is 0 Å². The predicted molar refractivity (Wildman–Crippen MR) is 73.2 cm³/mol. The van der Waals surface area contributed by atoms with Crippen LogP contribution in [0.4, 0.5) is 0 Å². The zero-order chi connectivity index (χ0) is 12.3. The van der Waals surface area contributed by atoms with Gasteiger partial charge in [0.15, 0.2) is 0 Å². The Labute approximate surface area is 117 Å². The van der Waals surface area contributed by atoms with Gasteiger partial charge in [0.05, 0.1) is 11.2 Å². The van der Waals surface area contributed by atoms with Gasteiger partial charge in [-0.2, -0.15) is 0 Å². The highest BCUT2D eigenvalue weighted by atomic mass is 79.9. The van der Waals surface area contributed by atoms with E-state index < -0.39 is 0 Å². The summed E-state index contributed by atoms with van der Waals surface area (Å²) in [5, 5.41) is 8.07. The lowest BCUT2D eigenvalue weighted by Gasteiger charge is -1.99. The van der Waals surface area contributed by atoms with E-state index in [1.165, 1.54) is 0 Å². The molecule has 0 aliphatic carbocycles. The van der Waals surface area contributed by atoms with Crippen molar-refractivity contribution < 1.29 is 4.42 Å². The number of hydrogen-bond donors (Lipinski definition) is 0. The van der Waals surface area contributed by atoms with E-state index in [1.807, 2.05) is 24.3 Å². The first-order valence-corrected chi connectivity index (χ1v) is 7.10. The quantitative estimate of drug-likeness (QED) is 0.765. The molecule has 3 nitrogen and oxygen atoms in total. The molecule has 0 amide bonds. The third kappa shape index (κ3) is 3.39. The Bertz CT molecular complexity index is 482. The molecule has 0 saturated carbocycles. The van der Waals surface area contributed by atoms with Crippen molar-refractivity contribution in [1.82, 2.24) is 10.2 Å². The molecule has 0 aliphatic rings. The Morgan fingerprint density at radius 1 is 1.24 bits per heavy atom. The Morgan fingerprint density at radius 3 is 2.59 bits per heavy atom. The summed E-state index contributed by atoms with van der Waals surface area (Å²) in [4.78, 5) is 0.147. The van der Waals surface area contributed by atoms with Gasteiger partial charge in [0.2, 0.25) is 11.8 Å². The van der Waals surface area contributed by atoms with Gasteiger partial charge >= 0.3 is 0 Å². The molecular weight excluding hydrogens is 348 g/mol. The van der Waals surface area contributed by atoms with E-state index in [9.17, 15) is 0 Å². The van der Waals surface area contributed by atoms with Gasteiger partial charge < -0.3 is 4.42 Å². The van der Waals surface area contributed by atoms with E-state index >= 15 is 0 Å². The molecule has 0 bridgehead atoms. The first-order chi connectivity index (χ1) is 8.19. The molecule has 5 heteroatoms. The van der Waals surface area contributed by atoms with Crippen LogP contribution in [-0.2, 0) is 6.42 Å². The summed E-state index contributed by atoms with van der Waals surface area (Å²) in [6.07, 6.45) is 1.60. The fourth-order valence-electron chi connectivity index (χ4n) is 1.42. The summed E-state index contributed by atoms with van der Waals surface area (Å²) in [6.45, 7) is 2.07. The fourth-order valence-corrected chi connectivity index (χ4v) is 1.87. The summed E-state index contributed by atoms with van der Waals surface area (Å²) in [7, 11) is 0. The lowest BCUT2D eigenvalue weighted by atomic mass is 10.1. The monoisotopic (exact) mass is 358 g/mol. The third-order valence-corrected chi connectivity index (χ3v) is 3.95. The van der Waals surface area contributed by atoms with E-state index in [0.29, 0.717) is 18.2 Å². The molecule has 1 heterocycles. The van der Waals surface area contributed by atoms with Crippen LogP contribution in [0.3, 0.4) is 0 Å². The van der Waals surface area contributed by atoms with Gasteiger partial charge in [0.1, 0.15) is 0 Å². The standard InChI is InChI=1S/C12H12Br2N2O/c1-2-10(14)12-16-15-11(17-12)7-8-3-5-9(13)6-4-8/h3-6,10H,2,7H2,1H3. The second-order valence-corrected chi connectivity index (χ2v) is 5.73. The maximum atomic E-state index is 5.59. The van der Waals surface area contributed by atoms with E-state index in [2.05, 4.69) is 49.0 Å². The van der Waals surface area contributed by atoms with Crippen LogP contribution in [0.15, 0.2) is 33.2 Å². The smallest absolute Gasteiger partial charge is 0.230 e. The molecule has 0 spiro atoms. The summed E-state index contributed by atoms with van der Waals surface area (Å²) in [5.74, 6) is 1.31.